The Morgan fingerprint density at radius 1 is 0.675 bits per heavy atom. The molecule has 0 bridgehead atoms. The van der Waals surface area contributed by atoms with E-state index in [2.05, 4.69) is 20.6 Å². The van der Waals surface area contributed by atoms with Crippen molar-refractivity contribution in [2.45, 2.75) is 0 Å². The highest BCUT2D eigenvalue weighted by atomic mass is 16.5. The van der Waals surface area contributed by atoms with Crippen LogP contribution in [-0.4, -0.2) is 51.3 Å². The zero-order valence-electron chi connectivity index (χ0n) is 22.8. The fourth-order valence-corrected chi connectivity index (χ4v) is 3.96. The molecule has 2 N–H and O–H groups in total. The highest BCUT2D eigenvalue weighted by molar-refractivity contribution is 6.10. The molecule has 4 aromatic rings. The summed E-state index contributed by atoms with van der Waals surface area (Å²) in [6, 6.07) is 16.0. The van der Waals surface area contributed by atoms with Crippen LogP contribution in [-0.2, 0) is 0 Å². The molecule has 2 aromatic carbocycles. The third kappa shape index (κ3) is 6.24. The van der Waals surface area contributed by atoms with Crippen molar-refractivity contribution in [3.8, 4) is 28.7 Å². The van der Waals surface area contributed by atoms with E-state index < -0.39 is 0 Å². The van der Waals surface area contributed by atoms with Gasteiger partial charge in [-0.1, -0.05) is 0 Å². The van der Waals surface area contributed by atoms with Gasteiger partial charge in [0.25, 0.3) is 0 Å². The summed E-state index contributed by atoms with van der Waals surface area (Å²) >= 11 is 0. The summed E-state index contributed by atoms with van der Waals surface area (Å²) in [6.45, 7) is 0. The predicted molar refractivity (Wildman–Crippen MR) is 154 cm³/mol. The van der Waals surface area contributed by atoms with E-state index in [0.717, 1.165) is 5.69 Å². The maximum Gasteiger partial charge on any atom is 0.203 e. The smallest absolute Gasteiger partial charge is 0.203 e. The number of pyridine rings is 2. The maximum atomic E-state index is 13.3. The third-order valence-electron chi connectivity index (χ3n) is 5.90. The first kappa shape index (κ1) is 27.8. The number of nitrogens with one attached hydrogen (secondary N) is 2. The number of methoxy groups -OCH3 is 5. The lowest BCUT2D eigenvalue weighted by Crippen LogP contribution is -2.04. The largest absolute Gasteiger partial charge is 0.493 e. The van der Waals surface area contributed by atoms with Gasteiger partial charge in [0.1, 0.15) is 11.6 Å². The standard InChI is InChI=1S/C30H30N4O6/c1-36-24-13-11-20(16-25(24)37-2)33-29-19(8-6-14-31-29)10-12-23(35)22-9-7-15-32-30(22)34-21-17-26(38-3)28(40-5)27(18-21)39-4/h6-18H,1-5H3,(H,31,33)(H,32,34)/b12-10+. The van der Waals surface area contributed by atoms with Gasteiger partial charge in [-0.2, -0.15) is 0 Å². The van der Waals surface area contributed by atoms with Gasteiger partial charge in [0.2, 0.25) is 5.75 Å². The highest BCUT2D eigenvalue weighted by Crippen LogP contribution is 2.40. The first-order chi connectivity index (χ1) is 19.5. The van der Waals surface area contributed by atoms with Gasteiger partial charge < -0.3 is 34.3 Å². The van der Waals surface area contributed by atoms with Gasteiger partial charge in [0.15, 0.2) is 28.8 Å². The van der Waals surface area contributed by atoms with Crippen LogP contribution in [0, 0.1) is 0 Å². The van der Waals surface area contributed by atoms with Crippen molar-refractivity contribution in [2.24, 2.45) is 0 Å². The molecule has 4 rings (SSSR count). The summed E-state index contributed by atoms with van der Waals surface area (Å²) in [7, 11) is 7.76. The topological polar surface area (TPSA) is 113 Å². The number of ketones is 1. The Labute approximate surface area is 232 Å². The minimum absolute atomic E-state index is 0.246. The summed E-state index contributed by atoms with van der Waals surface area (Å²) in [5.74, 6) is 3.31. The molecule has 10 nitrogen and oxygen atoms in total. The summed E-state index contributed by atoms with van der Waals surface area (Å²) < 4.78 is 26.9. The van der Waals surface area contributed by atoms with Gasteiger partial charge in [0.05, 0.1) is 41.1 Å². The summed E-state index contributed by atoms with van der Waals surface area (Å²) in [4.78, 5) is 22.1. The van der Waals surface area contributed by atoms with Crippen molar-refractivity contribution in [1.82, 2.24) is 9.97 Å². The molecule has 2 aromatic heterocycles. The Balaban J connectivity index is 1.58. The molecule has 0 saturated carbocycles. The van der Waals surface area contributed by atoms with E-state index in [1.54, 1.807) is 69.1 Å². The zero-order valence-corrected chi connectivity index (χ0v) is 22.8. The molecule has 0 aliphatic rings. The lowest BCUT2D eigenvalue weighted by atomic mass is 10.1. The molecule has 0 radical (unpaired) electrons. The number of allylic oxidation sites excluding steroid dienone is 1. The van der Waals surface area contributed by atoms with Crippen LogP contribution >= 0.6 is 0 Å². The average Bonchev–Trinajstić information content (AvgIpc) is 3.00. The van der Waals surface area contributed by atoms with E-state index in [-0.39, 0.29) is 5.78 Å². The fraction of sp³-hybridized carbons (Fsp3) is 0.167. The van der Waals surface area contributed by atoms with Gasteiger partial charge in [-0.15, -0.1) is 0 Å². The normalized spacial score (nSPS) is 10.6. The van der Waals surface area contributed by atoms with E-state index in [1.165, 1.54) is 27.4 Å². The van der Waals surface area contributed by atoms with E-state index in [0.29, 0.717) is 57.2 Å². The van der Waals surface area contributed by atoms with E-state index in [9.17, 15) is 4.79 Å². The van der Waals surface area contributed by atoms with Crippen molar-refractivity contribution in [3.63, 3.8) is 0 Å². The number of hydrogen-bond donors (Lipinski definition) is 2. The summed E-state index contributed by atoms with van der Waals surface area (Å²) in [6.07, 6.45) is 6.46. The molecule has 0 aliphatic carbocycles. The van der Waals surface area contributed by atoms with Crippen LogP contribution < -0.4 is 34.3 Å². The Morgan fingerprint density at radius 3 is 1.93 bits per heavy atom. The van der Waals surface area contributed by atoms with Gasteiger partial charge >= 0.3 is 0 Å². The summed E-state index contributed by atoms with van der Waals surface area (Å²) in [5.41, 5.74) is 2.46. The molecule has 0 fully saturated rings. The molecule has 206 valence electrons. The van der Waals surface area contributed by atoms with Crippen molar-refractivity contribution in [1.29, 1.82) is 0 Å². The van der Waals surface area contributed by atoms with Crippen LogP contribution in [0.15, 0.2) is 73.1 Å². The van der Waals surface area contributed by atoms with Gasteiger partial charge in [-0.3, -0.25) is 4.79 Å². The lowest BCUT2D eigenvalue weighted by Gasteiger charge is -2.15. The van der Waals surface area contributed by atoms with Gasteiger partial charge in [0, 0.05) is 47.5 Å². The molecule has 0 aliphatic heterocycles. The molecule has 0 saturated heterocycles. The number of rotatable bonds is 12. The van der Waals surface area contributed by atoms with Crippen molar-refractivity contribution in [2.75, 3.05) is 46.2 Å². The predicted octanol–water partition coefficient (Wildman–Crippen LogP) is 5.90. The monoisotopic (exact) mass is 542 g/mol. The number of benzene rings is 2. The molecule has 2 heterocycles. The van der Waals surface area contributed by atoms with Crippen LogP contribution in [0.4, 0.5) is 23.0 Å². The molecule has 0 unspecified atom stereocenters. The van der Waals surface area contributed by atoms with Crippen molar-refractivity contribution in [3.05, 3.63) is 84.2 Å². The van der Waals surface area contributed by atoms with Crippen molar-refractivity contribution < 1.29 is 28.5 Å². The molecule has 40 heavy (non-hydrogen) atoms. The second kappa shape index (κ2) is 13.0. The lowest BCUT2D eigenvalue weighted by molar-refractivity contribution is 0.104. The van der Waals surface area contributed by atoms with E-state index in [1.807, 2.05) is 18.2 Å². The van der Waals surface area contributed by atoms with Crippen molar-refractivity contribution >= 4 is 34.9 Å². The zero-order chi connectivity index (χ0) is 28.5. The highest BCUT2D eigenvalue weighted by Gasteiger charge is 2.16. The number of carbonyl (C=O) groups excluding carboxylic acids is 1. The molecular formula is C30H30N4O6. The minimum atomic E-state index is -0.246. The summed E-state index contributed by atoms with van der Waals surface area (Å²) in [5, 5.41) is 6.46. The van der Waals surface area contributed by atoms with Crippen LogP contribution in [0.5, 0.6) is 28.7 Å². The Hall–Kier alpha value is -5.25. The molecular weight excluding hydrogens is 512 g/mol. The fourth-order valence-electron chi connectivity index (χ4n) is 3.96. The van der Waals surface area contributed by atoms with E-state index in [4.69, 9.17) is 23.7 Å². The third-order valence-corrected chi connectivity index (χ3v) is 5.90. The van der Waals surface area contributed by atoms with Gasteiger partial charge in [-0.05, 0) is 48.6 Å². The number of ether oxygens (including phenoxy) is 5. The van der Waals surface area contributed by atoms with Gasteiger partial charge in [-0.25, -0.2) is 9.97 Å². The number of nitrogens with zero attached hydrogens (tertiary/aromatic N) is 2. The molecule has 0 amide bonds. The Bertz CT molecular complexity index is 1500. The van der Waals surface area contributed by atoms with Crippen LogP contribution in [0.25, 0.3) is 6.08 Å². The number of hydrogen-bond acceptors (Lipinski definition) is 10. The Morgan fingerprint density at radius 2 is 1.27 bits per heavy atom. The molecule has 0 spiro atoms. The number of aromatic nitrogens is 2. The first-order valence-electron chi connectivity index (χ1n) is 12.2. The molecule has 10 heteroatoms. The second-order valence-corrected chi connectivity index (χ2v) is 8.27. The SMILES string of the molecule is COc1ccc(Nc2ncccc2/C=C/C(=O)c2cccnc2Nc2cc(OC)c(OC)c(OC)c2)cc1OC. The van der Waals surface area contributed by atoms with Crippen LogP contribution in [0.1, 0.15) is 15.9 Å². The van der Waals surface area contributed by atoms with E-state index >= 15 is 0 Å². The Kier molecular flexibility index (Phi) is 9.03. The first-order valence-corrected chi connectivity index (χ1v) is 12.2. The molecule has 0 atom stereocenters. The second-order valence-electron chi connectivity index (χ2n) is 8.27. The maximum absolute atomic E-state index is 13.3. The number of carbonyl (C=O) groups is 1. The van der Waals surface area contributed by atoms with Crippen LogP contribution in [0.2, 0.25) is 0 Å². The quantitative estimate of drug-likeness (QED) is 0.166. The van der Waals surface area contributed by atoms with Crippen LogP contribution in [0.3, 0.4) is 0 Å². The number of anilines is 4. The minimum Gasteiger partial charge on any atom is -0.493 e. The average molecular weight is 543 g/mol.